The number of aromatic carboxylic acids is 1. The number of carbonyl (C=O) groups excluding carboxylic acids is 1. The van der Waals surface area contributed by atoms with Crippen molar-refractivity contribution in [3.63, 3.8) is 0 Å². The number of benzene rings is 1. The molecule has 1 aliphatic heterocycles. The maximum atomic E-state index is 12.4. The van der Waals surface area contributed by atoms with Crippen LogP contribution in [-0.4, -0.2) is 36.7 Å². The molecule has 1 aromatic rings. The molecular formula is C14H18N2O4. The van der Waals surface area contributed by atoms with E-state index in [0.29, 0.717) is 12.3 Å². The van der Waals surface area contributed by atoms with Crippen LogP contribution in [0.5, 0.6) is 0 Å². The Balaban J connectivity index is 2.22. The molecule has 0 bridgehead atoms. The van der Waals surface area contributed by atoms with Gasteiger partial charge in [0.1, 0.15) is 6.10 Å². The van der Waals surface area contributed by atoms with Crippen molar-refractivity contribution in [1.29, 1.82) is 0 Å². The van der Waals surface area contributed by atoms with Gasteiger partial charge in [0.05, 0.1) is 16.9 Å². The number of carbonyl (C=O) groups is 2. The Morgan fingerprint density at radius 2 is 2.15 bits per heavy atom. The van der Waals surface area contributed by atoms with E-state index in [-0.39, 0.29) is 23.1 Å². The van der Waals surface area contributed by atoms with Gasteiger partial charge in [0, 0.05) is 13.7 Å². The lowest BCUT2D eigenvalue weighted by Gasteiger charge is -2.24. The van der Waals surface area contributed by atoms with E-state index in [9.17, 15) is 9.59 Å². The van der Waals surface area contributed by atoms with Crippen LogP contribution in [0.1, 0.15) is 23.7 Å². The summed E-state index contributed by atoms with van der Waals surface area (Å²) in [5, 5.41) is 8.90. The topological polar surface area (TPSA) is 92.9 Å². The lowest BCUT2D eigenvalue weighted by molar-refractivity contribution is -0.128. The molecule has 1 heterocycles. The van der Waals surface area contributed by atoms with Crippen molar-refractivity contribution >= 4 is 23.3 Å². The fourth-order valence-electron chi connectivity index (χ4n) is 2.31. The molecule has 0 radical (unpaired) electrons. The highest BCUT2D eigenvalue weighted by molar-refractivity contribution is 6.00. The van der Waals surface area contributed by atoms with Gasteiger partial charge >= 0.3 is 5.97 Å². The summed E-state index contributed by atoms with van der Waals surface area (Å²) < 4.78 is 5.45. The minimum absolute atomic E-state index is 0.0950. The minimum Gasteiger partial charge on any atom is -0.478 e. The molecule has 1 fully saturated rings. The molecule has 0 aliphatic carbocycles. The molecule has 2 unspecified atom stereocenters. The first-order chi connectivity index (χ1) is 9.41. The molecule has 0 aromatic heterocycles. The van der Waals surface area contributed by atoms with Crippen LogP contribution in [0.15, 0.2) is 18.2 Å². The number of nitrogen functional groups attached to an aromatic ring is 1. The molecule has 1 amide bonds. The molecular weight excluding hydrogens is 260 g/mol. The number of likely N-dealkylation sites (N-methyl/N-ethyl adjacent to an activating group) is 1. The summed E-state index contributed by atoms with van der Waals surface area (Å²) in [6.45, 7) is 2.55. The van der Waals surface area contributed by atoms with E-state index in [1.165, 1.54) is 23.1 Å². The van der Waals surface area contributed by atoms with Gasteiger partial charge in [0.2, 0.25) is 0 Å². The Labute approximate surface area is 117 Å². The van der Waals surface area contributed by atoms with Crippen molar-refractivity contribution in [1.82, 2.24) is 0 Å². The SMILES string of the molecule is CC1CCOC1C(=O)N(C)c1ccc(C(=O)O)cc1N. The molecule has 0 saturated carbocycles. The third-order valence-electron chi connectivity index (χ3n) is 3.60. The first-order valence-corrected chi connectivity index (χ1v) is 6.43. The number of nitrogens with zero attached hydrogens (tertiary/aromatic N) is 1. The molecule has 20 heavy (non-hydrogen) atoms. The van der Waals surface area contributed by atoms with Gasteiger partial charge in [-0.15, -0.1) is 0 Å². The Bertz CT molecular complexity index is 544. The smallest absolute Gasteiger partial charge is 0.335 e. The maximum Gasteiger partial charge on any atom is 0.335 e. The molecule has 3 N–H and O–H groups in total. The van der Waals surface area contributed by atoms with Crippen LogP contribution in [0, 0.1) is 5.92 Å². The van der Waals surface area contributed by atoms with Crippen LogP contribution >= 0.6 is 0 Å². The zero-order valence-electron chi connectivity index (χ0n) is 11.5. The van der Waals surface area contributed by atoms with Gasteiger partial charge in [-0.1, -0.05) is 6.92 Å². The summed E-state index contributed by atoms with van der Waals surface area (Å²) in [5.74, 6) is -1.04. The summed E-state index contributed by atoms with van der Waals surface area (Å²) in [6.07, 6.45) is 0.399. The third-order valence-corrected chi connectivity index (χ3v) is 3.60. The van der Waals surface area contributed by atoms with Crippen molar-refractivity contribution in [2.24, 2.45) is 5.92 Å². The first kappa shape index (κ1) is 14.3. The molecule has 1 saturated heterocycles. The quantitative estimate of drug-likeness (QED) is 0.814. The van der Waals surface area contributed by atoms with Gasteiger partial charge in [0.25, 0.3) is 5.91 Å². The van der Waals surface area contributed by atoms with E-state index in [2.05, 4.69) is 0 Å². The Kier molecular flexibility index (Phi) is 3.94. The van der Waals surface area contributed by atoms with Crippen LogP contribution in [0.2, 0.25) is 0 Å². The van der Waals surface area contributed by atoms with E-state index in [1.807, 2.05) is 6.92 Å². The van der Waals surface area contributed by atoms with Crippen LogP contribution in [0.25, 0.3) is 0 Å². The fourth-order valence-corrected chi connectivity index (χ4v) is 2.31. The molecule has 1 aromatic carbocycles. The van der Waals surface area contributed by atoms with Gasteiger partial charge < -0.3 is 20.5 Å². The highest BCUT2D eigenvalue weighted by Gasteiger charge is 2.33. The number of hydrogen-bond acceptors (Lipinski definition) is 4. The molecule has 0 spiro atoms. The van der Waals surface area contributed by atoms with E-state index in [1.54, 1.807) is 7.05 Å². The lowest BCUT2D eigenvalue weighted by Crippen LogP contribution is -2.39. The van der Waals surface area contributed by atoms with Crippen LogP contribution in [0.4, 0.5) is 11.4 Å². The minimum atomic E-state index is -1.05. The van der Waals surface area contributed by atoms with Crippen molar-refractivity contribution in [3.8, 4) is 0 Å². The van der Waals surface area contributed by atoms with Crippen LogP contribution < -0.4 is 10.6 Å². The van der Waals surface area contributed by atoms with Gasteiger partial charge in [0.15, 0.2) is 0 Å². The van der Waals surface area contributed by atoms with E-state index in [4.69, 9.17) is 15.6 Å². The third kappa shape index (κ3) is 2.60. The summed E-state index contributed by atoms with van der Waals surface area (Å²) in [6, 6.07) is 4.31. The van der Waals surface area contributed by atoms with E-state index >= 15 is 0 Å². The Morgan fingerprint density at radius 3 is 2.65 bits per heavy atom. The molecule has 6 nitrogen and oxygen atoms in total. The number of amides is 1. The lowest BCUT2D eigenvalue weighted by atomic mass is 10.0. The fraction of sp³-hybridized carbons (Fsp3) is 0.429. The molecule has 2 rings (SSSR count). The van der Waals surface area contributed by atoms with Crippen LogP contribution in [-0.2, 0) is 9.53 Å². The number of rotatable bonds is 3. The Morgan fingerprint density at radius 1 is 1.45 bits per heavy atom. The van der Waals surface area contributed by atoms with Gasteiger partial charge in [-0.2, -0.15) is 0 Å². The molecule has 108 valence electrons. The molecule has 6 heteroatoms. The first-order valence-electron chi connectivity index (χ1n) is 6.43. The summed E-state index contributed by atoms with van der Waals surface area (Å²) in [7, 11) is 1.61. The number of ether oxygens (including phenoxy) is 1. The number of carboxylic acids is 1. The number of carboxylic acid groups (broad SMARTS) is 1. The Hall–Kier alpha value is -2.08. The van der Waals surface area contributed by atoms with Crippen molar-refractivity contribution in [2.75, 3.05) is 24.3 Å². The summed E-state index contributed by atoms with van der Waals surface area (Å²) in [4.78, 5) is 24.6. The second-order valence-electron chi connectivity index (χ2n) is 5.03. The van der Waals surface area contributed by atoms with Crippen molar-refractivity contribution < 1.29 is 19.4 Å². The van der Waals surface area contributed by atoms with Crippen LogP contribution in [0.3, 0.4) is 0 Å². The van der Waals surface area contributed by atoms with Gasteiger partial charge in [-0.05, 0) is 30.5 Å². The second kappa shape index (κ2) is 5.50. The normalized spacial score (nSPS) is 21.7. The zero-order valence-corrected chi connectivity index (χ0v) is 11.5. The van der Waals surface area contributed by atoms with Gasteiger partial charge in [-0.25, -0.2) is 4.79 Å². The number of anilines is 2. The maximum absolute atomic E-state index is 12.4. The molecule has 1 aliphatic rings. The molecule has 2 atom stereocenters. The van der Waals surface area contributed by atoms with Crippen molar-refractivity contribution in [2.45, 2.75) is 19.4 Å². The largest absolute Gasteiger partial charge is 0.478 e. The van der Waals surface area contributed by atoms with E-state index < -0.39 is 12.1 Å². The van der Waals surface area contributed by atoms with Crippen molar-refractivity contribution in [3.05, 3.63) is 23.8 Å². The van der Waals surface area contributed by atoms with Gasteiger partial charge in [-0.3, -0.25) is 4.79 Å². The zero-order chi connectivity index (χ0) is 14.9. The predicted molar refractivity (Wildman–Crippen MR) is 74.7 cm³/mol. The average Bonchev–Trinajstić information content (AvgIpc) is 2.83. The standard InChI is InChI=1S/C14H18N2O4/c1-8-5-6-20-12(8)13(17)16(2)11-4-3-9(14(18)19)7-10(11)15/h3-4,7-8,12H,5-6,15H2,1-2H3,(H,18,19). The number of nitrogens with two attached hydrogens (primary N) is 1. The second-order valence-corrected chi connectivity index (χ2v) is 5.03. The monoisotopic (exact) mass is 278 g/mol. The predicted octanol–water partition coefficient (Wildman–Crippen LogP) is 1.35. The summed E-state index contributed by atoms with van der Waals surface area (Å²) in [5.41, 5.74) is 6.67. The number of hydrogen-bond donors (Lipinski definition) is 2. The highest BCUT2D eigenvalue weighted by Crippen LogP contribution is 2.27. The summed E-state index contributed by atoms with van der Waals surface area (Å²) >= 11 is 0. The average molecular weight is 278 g/mol. The highest BCUT2D eigenvalue weighted by atomic mass is 16.5. The van der Waals surface area contributed by atoms with E-state index in [0.717, 1.165) is 6.42 Å².